The third-order valence-electron chi connectivity index (χ3n) is 4.93. The Morgan fingerprint density at radius 3 is 2.89 bits per heavy atom. The van der Waals surface area contributed by atoms with E-state index < -0.39 is 11.9 Å². The van der Waals surface area contributed by atoms with Gasteiger partial charge in [-0.3, -0.25) is 4.90 Å². The zero-order chi connectivity index (χ0) is 19.1. The molecule has 2 aliphatic rings. The molecular formula is C18H16BrClFN3O3. The van der Waals surface area contributed by atoms with E-state index in [1.54, 1.807) is 18.2 Å². The number of carboxylic acid groups (broad SMARTS) is 1. The van der Waals surface area contributed by atoms with Crippen LogP contribution in [0.4, 0.5) is 9.18 Å². The number of benzene rings is 1. The Balaban J connectivity index is 1.72. The smallest absolute Gasteiger partial charge is 0.407 e. The first kappa shape index (κ1) is 18.5. The van der Waals surface area contributed by atoms with Crippen molar-refractivity contribution in [3.05, 3.63) is 45.3 Å². The van der Waals surface area contributed by atoms with Gasteiger partial charge in [-0.2, -0.15) is 0 Å². The minimum Gasteiger partial charge on any atom is -0.490 e. The number of piperazine rings is 1. The summed E-state index contributed by atoms with van der Waals surface area (Å²) in [6.45, 7) is 2.22. The van der Waals surface area contributed by atoms with Crippen molar-refractivity contribution in [2.24, 2.45) is 0 Å². The number of hydrogen-bond donors (Lipinski definition) is 1. The number of nitrogens with zero attached hydrogens (tertiary/aromatic N) is 3. The maximum Gasteiger partial charge on any atom is 0.407 e. The van der Waals surface area contributed by atoms with E-state index in [9.17, 15) is 14.3 Å². The van der Waals surface area contributed by atoms with Gasteiger partial charge in [-0.25, -0.2) is 14.2 Å². The van der Waals surface area contributed by atoms with Crippen LogP contribution in [0.1, 0.15) is 5.56 Å². The topological polar surface area (TPSA) is 65.9 Å². The number of hydrogen-bond acceptors (Lipinski definition) is 4. The Morgan fingerprint density at radius 1 is 1.37 bits per heavy atom. The Morgan fingerprint density at radius 2 is 2.15 bits per heavy atom. The summed E-state index contributed by atoms with van der Waals surface area (Å²) in [4.78, 5) is 19.3. The van der Waals surface area contributed by atoms with Crippen molar-refractivity contribution in [3.8, 4) is 17.0 Å². The Hall–Kier alpha value is -1.90. The zero-order valence-corrected chi connectivity index (χ0v) is 16.5. The standard InChI is InChI=1S/C18H16BrClFN3O3/c19-17-12-8-23-5-6-24(18(25)26)7-10(23)9-27-16(12)14(20)15(22-17)11-3-1-2-4-13(11)21/h1-4,10H,5-9H2,(H,25,26). The number of amides is 1. The van der Waals surface area contributed by atoms with Gasteiger partial charge in [0, 0.05) is 37.3 Å². The van der Waals surface area contributed by atoms with Crippen LogP contribution in [0, 0.1) is 5.82 Å². The minimum atomic E-state index is -0.931. The molecule has 1 N–H and O–H groups in total. The number of rotatable bonds is 1. The van der Waals surface area contributed by atoms with Crippen LogP contribution in [0.3, 0.4) is 0 Å². The quantitative estimate of drug-likeness (QED) is 0.660. The largest absolute Gasteiger partial charge is 0.490 e. The van der Waals surface area contributed by atoms with Gasteiger partial charge in [-0.15, -0.1) is 0 Å². The Bertz CT molecular complexity index is 914. The number of carbonyl (C=O) groups is 1. The van der Waals surface area contributed by atoms with E-state index in [-0.39, 0.29) is 11.1 Å². The van der Waals surface area contributed by atoms with Crippen molar-refractivity contribution in [1.29, 1.82) is 0 Å². The van der Waals surface area contributed by atoms with Crippen molar-refractivity contribution >= 4 is 33.6 Å². The summed E-state index contributed by atoms with van der Waals surface area (Å²) >= 11 is 10.0. The van der Waals surface area contributed by atoms with Crippen LogP contribution in [0.25, 0.3) is 11.3 Å². The van der Waals surface area contributed by atoms with Gasteiger partial charge in [0.25, 0.3) is 0 Å². The molecule has 1 saturated heterocycles. The Kier molecular flexibility index (Phi) is 4.96. The van der Waals surface area contributed by atoms with Gasteiger partial charge < -0.3 is 14.7 Å². The summed E-state index contributed by atoms with van der Waals surface area (Å²) in [5.41, 5.74) is 1.40. The molecule has 4 rings (SSSR count). The van der Waals surface area contributed by atoms with E-state index in [2.05, 4.69) is 25.8 Å². The number of ether oxygens (including phenoxy) is 1. The highest BCUT2D eigenvalue weighted by molar-refractivity contribution is 9.10. The normalized spacial score (nSPS) is 19.7. The van der Waals surface area contributed by atoms with E-state index in [4.69, 9.17) is 16.3 Å². The SMILES string of the molecule is O=C(O)N1CCN2Cc3c(Br)nc(-c4ccccc4F)c(Cl)c3OCC2C1. The average molecular weight is 457 g/mol. The molecule has 0 bridgehead atoms. The molecule has 1 atom stereocenters. The van der Waals surface area contributed by atoms with Crippen LogP contribution < -0.4 is 4.74 Å². The average Bonchev–Trinajstić information content (AvgIpc) is 2.85. The summed E-state index contributed by atoms with van der Waals surface area (Å²) < 4.78 is 20.8. The molecular weight excluding hydrogens is 441 g/mol. The van der Waals surface area contributed by atoms with E-state index in [1.165, 1.54) is 11.0 Å². The molecule has 3 heterocycles. The highest BCUT2D eigenvalue weighted by Gasteiger charge is 2.35. The number of fused-ring (bicyclic) bond motifs is 2. The molecule has 0 spiro atoms. The van der Waals surface area contributed by atoms with Crippen molar-refractivity contribution in [2.75, 3.05) is 26.2 Å². The highest BCUT2D eigenvalue weighted by atomic mass is 79.9. The minimum absolute atomic E-state index is 0.0814. The fourth-order valence-corrected chi connectivity index (χ4v) is 4.28. The highest BCUT2D eigenvalue weighted by Crippen LogP contribution is 2.42. The van der Waals surface area contributed by atoms with Crippen molar-refractivity contribution in [2.45, 2.75) is 12.6 Å². The first-order chi connectivity index (χ1) is 13.0. The molecule has 27 heavy (non-hydrogen) atoms. The predicted molar refractivity (Wildman–Crippen MR) is 102 cm³/mol. The summed E-state index contributed by atoms with van der Waals surface area (Å²) in [6, 6.07) is 6.22. The molecule has 6 nitrogen and oxygen atoms in total. The van der Waals surface area contributed by atoms with Gasteiger partial charge in [-0.05, 0) is 28.1 Å². The third-order valence-corrected chi connectivity index (χ3v) is 5.93. The number of halogens is 3. The van der Waals surface area contributed by atoms with Crippen LogP contribution in [-0.2, 0) is 6.54 Å². The van der Waals surface area contributed by atoms with E-state index in [1.807, 2.05) is 0 Å². The van der Waals surface area contributed by atoms with E-state index >= 15 is 0 Å². The molecule has 0 saturated carbocycles. The van der Waals surface area contributed by atoms with Gasteiger partial charge in [0.15, 0.2) is 0 Å². The van der Waals surface area contributed by atoms with E-state index in [0.717, 1.165) is 5.56 Å². The monoisotopic (exact) mass is 455 g/mol. The molecule has 0 radical (unpaired) electrons. The molecule has 2 aromatic rings. The summed E-state index contributed by atoms with van der Waals surface area (Å²) in [7, 11) is 0. The summed E-state index contributed by atoms with van der Waals surface area (Å²) in [6.07, 6.45) is -0.931. The lowest BCUT2D eigenvalue weighted by molar-refractivity contribution is 0.0502. The lowest BCUT2D eigenvalue weighted by Gasteiger charge is -2.38. The van der Waals surface area contributed by atoms with Crippen LogP contribution in [0.2, 0.25) is 5.02 Å². The van der Waals surface area contributed by atoms with Crippen LogP contribution in [-0.4, -0.2) is 58.3 Å². The van der Waals surface area contributed by atoms with Crippen LogP contribution >= 0.6 is 27.5 Å². The van der Waals surface area contributed by atoms with Crippen molar-refractivity contribution in [3.63, 3.8) is 0 Å². The molecule has 9 heteroatoms. The second-order valence-electron chi connectivity index (χ2n) is 6.52. The predicted octanol–water partition coefficient (Wildman–Crippen LogP) is 3.86. The molecule has 0 aliphatic carbocycles. The van der Waals surface area contributed by atoms with Crippen molar-refractivity contribution in [1.82, 2.24) is 14.8 Å². The Labute approximate surface area is 168 Å². The van der Waals surface area contributed by atoms with Crippen LogP contribution in [0.15, 0.2) is 28.9 Å². The molecule has 2 aliphatic heterocycles. The third kappa shape index (κ3) is 3.37. The van der Waals surface area contributed by atoms with Gasteiger partial charge in [-0.1, -0.05) is 23.7 Å². The second kappa shape index (κ2) is 7.26. The molecule has 1 amide bonds. The maximum atomic E-state index is 14.2. The maximum absolute atomic E-state index is 14.2. The van der Waals surface area contributed by atoms with Gasteiger partial charge >= 0.3 is 6.09 Å². The fraction of sp³-hybridized carbons (Fsp3) is 0.333. The van der Waals surface area contributed by atoms with Gasteiger partial charge in [0.1, 0.15) is 27.8 Å². The van der Waals surface area contributed by atoms with E-state index in [0.29, 0.717) is 54.4 Å². The molecule has 1 unspecified atom stereocenters. The lowest BCUT2D eigenvalue weighted by Crippen LogP contribution is -2.55. The molecule has 1 aromatic heterocycles. The number of pyridine rings is 1. The lowest BCUT2D eigenvalue weighted by atomic mass is 10.1. The van der Waals surface area contributed by atoms with Gasteiger partial charge in [0.05, 0.1) is 11.7 Å². The molecule has 142 valence electrons. The first-order valence-electron chi connectivity index (χ1n) is 8.43. The van der Waals surface area contributed by atoms with Gasteiger partial charge in [0.2, 0.25) is 0 Å². The second-order valence-corrected chi connectivity index (χ2v) is 7.65. The molecule has 1 aromatic carbocycles. The summed E-state index contributed by atoms with van der Waals surface area (Å²) in [5.74, 6) is 0.0509. The van der Waals surface area contributed by atoms with Crippen molar-refractivity contribution < 1.29 is 19.0 Å². The summed E-state index contributed by atoms with van der Waals surface area (Å²) in [5, 5.41) is 9.50. The molecule has 1 fully saturated rings. The first-order valence-corrected chi connectivity index (χ1v) is 9.60. The fourth-order valence-electron chi connectivity index (χ4n) is 3.48. The zero-order valence-electron chi connectivity index (χ0n) is 14.2. The number of aromatic nitrogens is 1. The van der Waals surface area contributed by atoms with Crippen LogP contribution in [0.5, 0.6) is 5.75 Å².